The Bertz CT molecular complexity index is 1270. The van der Waals surface area contributed by atoms with Gasteiger partial charge in [0.05, 0.1) is 23.4 Å². The topological polar surface area (TPSA) is 106 Å². The van der Waals surface area contributed by atoms with Gasteiger partial charge in [-0.25, -0.2) is 4.39 Å². The molecule has 0 radical (unpaired) electrons. The molecule has 0 unspecified atom stereocenters. The summed E-state index contributed by atoms with van der Waals surface area (Å²) in [7, 11) is 0. The molecule has 1 atom stereocenters. The fourth-order valence-corrected chi connectivity index (χ4v) is 4.17. The molecule has 0 spiro atoms. The number of nitrogens with one attached hydrogen (secondary N) is 2. The molecule has 1 aromatic carbocycles. The predicted molar refractivity (Wildman–Crippen MR) is 129 cm³/mol. The third-order valence-corrected chi connectivity index (χ3v) is 6.08. The van der Waals surface area contributed by atoms with Crippen LogP contribution in [0.25, 0.3) is 11.1 Å². The van der Waals surface area contributed by atoms with Crippen LogP contribution in [0.3, 0.4) is 0 Å². The van der Waals surface area contributed by atoms with Gasteiger partial charge in [-0.15, -0.1) is 5.10 Å². The molecule has 1 aliphatic rings. The number of halogens is 3. The fraction of sp³-hybridized carbons (Fsp3) is 0.292. The van der Waals surface area contributed by atoms with Gasteiger partial charge in [0.1, 0.15) is 17.1 Å². The highest BCUT2D eigenvalue weighted by atomic mass is 35.5. The van der Waals surface area contributed by atoms with Crippen molar-refractivity contribution in [1.29, 1.82) is 0 Å². The first-order valence-corrected chi connectivity index (χ1v) is 11.7. The molecule has 2 aromatic heterocycles. The molecule has 0 bridgehead atoms. The van der Waals surface area contributed by atoms with Gasteiger partial charge in [0.2, 0.25) is 5.91 Å². The summed E-state index contributed by atoms with van der Waals surface area (Å²) in [5.41, 5.74) is 0.0123. The van der Waals surface area contributed by atoms with E-state index in [0.717, 1.165) is 0 Å². The van der Waals surface area contributed by atoms with Gasteiger partial charge in [0.15, 0.2) is 5.69 Å². The second-order valence-corrected chi connectivity index (χ2v) is 8.97. The molecule has 2 N–H and O–H groups in total. The molecule has 1 aliphatic carbocycles. The number of hydrogen-bond acceptors (Lipinski definition) is 6. The van der Waals surface area contributed by atoms with Crippen LogP contribution in [0.15, 0.2) is 42.7 Å². The molecule has 0 saturated heterocycles. The summed E-state index contributed by atoms with van der Waals surface area (Å²) in [4.78, 5) is 29.6. The van der Waals surface area contributed by atoms with Crippen LogP contribution in [0.2, 0.25) is 10.0 Å². The van der Waals surface area contributed by atoms with Gasteiger partial charge in [-0.05, 0) is 57.0 Å². The van der Waals surface area contributed by atoms with Crippen molar-refractivity contribution in [3.63, 3.8) is 0 Å². The van der Waals surface area contributed by atoms with E-state index in [0.29, 0.717) is 46.4 Å². The highest BCUT2D eigenvalue weighted by Gasteiger charge is 2.51. The van der Waals surface area contributed by atoms with E-state index in [4.69, 9.17) is 27.9 Å². The van der Waals surface area contributed by atoms with Gasteiger partial charge < -0.3 is 15.4 Å². The molecule has 35 heavy (non-hydrogen) atoms. The van der Waals surface area contributed by atoms with Crippen molar-refractivity contribution in [2.75, 3.05) is 6.61 Å². The maximum Gasteiger partial charge on any atom is 0.272 e. The quantitative estimate of drug-likeness (QED) is 0.454. The van der Waals surface area contributed by atoms with E-state index in [1.165, 1.54) is 24.5 Å². The third-order valence-electron chi connectivity index (χ3n) is 5.58. The Morgan fingerprint density at radius 3 is 2.66 bits per heavy atom. The zero-order chi connectivity index (χ0) is 25.2. The maximum absolute atomic E-state index is 15.1. The summed E-state index contributed by atoms with van der Waals surface area (Å²) >= 11 is 12.4. The Kier molecular flexibility index (Phi) is 7.18. The Morgan fingerprint density at radius 1 is 1.26 bits per heavy atom. The number of carbonyl (C=O) groups is 2. The molecule has 3 aromatic rings. The van der Waals surface area contributed by atoms with Gasteiger partial charge in [0.25, 0.3) is 5.91 Å². The summed E-state index contributed by atoms with van der Waals surface area (Å²) in [5, 5.41) is 13.6. The molecule has 2 heterocycles. The van der Waals surface area contributed by atoms with Crippen molar-refractivity contribution in [2.45, 2.75) is 38.3 Å². The van der Waals surface area contributed by atoms with Crippen molar-refractivity contribution in [1.82, 2.24) is 25.8 Å². The van der Waals surface area contributed by atoms with Crippen LogP contribution in [-0.2, 0) is 4.79 Å². The van der Waals surface area contributed by atoms with Crippen molar-refractivity contribution >= 4 is 35.0 Å². The van der Waals surface area contributed by atoms with E-state index in [2.05, 4.69) is 25.8 Å². The largest absolute Gasteiger partial charge is 0.492 e. The second kappa shape index (κ2) is 10.1. The molecule has 4 rings (SSSR count). The van der Waals surface area contributed by atoms with Crippen LogP contribution in [0.1, 0.15) is 48.9 Å². The molecule has 8 nitrogen and oxygen atoms in total. The van der Waals surface area contributed by atoms with Crippen molar-refractivity contribution in [2.24, 2.45) is 0 Å². The predicted octanol–water partition coefficient (Wildman–Crippen LogP) is 4.52. The summed E-state index contributed by atoms with van der Waals surface area (Å²) in [6, 6.07) is 6.79. The van der Waals surface area contributed by atoms with E-state index in [1.54, 1.807) is 25.1 Å². The highest BCUT2D eigenvalue weighted by Crippen LogP contribution is 2.40. The number of pyridine rings is 1. The van der Waals surface area contributed by atoms with Crippen LogP contribution in [0.4, 0.5) is 4.39 Å². The zero-order valence-corrected chi connectivity index (χ0v) is 20.5. The lowest BCUT2D eigenvalue weighted by Gasteiger charge is -2.21. The molecule has 11 heteroatoms. The Morgan fingerprint density at radius 2 is 2.03 bits per heavy atom. The monoisotopic (exact) mass is 517 g/mol. The minimum absolute atomic E-state index is 0.0456. The first-order chi connectivity index (χ1) is 16.7. The van der Waals surface area contributed by atoms with Gasteiger partial charge in [-0.3, -0.25) is 14.6 Å². The van der Waals surface area contributed by atoms with Crippen LogP contribution in [0.5, 0.6) is 5.75 Å². The van der Waals surface area contributed by atoms with E-state index < -0.39 is 29.2 Å². The minimum Gasteiger partial charge on any atom is -0.492 e. The highest BCUT2D eigenvalue weighted by molar-refractivity contribution is 6.36. The lowest BCUT2D eigenvalue weighted by atomic mass is 10.0. The van der Waals surface area contributed by atoms with Gasteiger partial charge in [0, 0.05) is 28.5 Å². The average molecular weight is 518 g/mol. The molecule has 0 aliphatic heterocycles. The Labute approximate surface area is 211 Å². The van der Waals surface area contributed by atoms with Crippen molar-refractivity contribution in [3.8, 4) is 16.9 Å². The number of hydrogen-bond donors (Lipinski definition) is 2. The van der Waals surface area contributed by atoms with Gasteiger partial charge >= 0.3 is 0 Å². The summed E-state index contributed by atoms with van der Waals surface area (Å²) in [6.07, 6.45) is 3.84. The molecular formula is C24H22Cl2FN5O3. The smallest absolute Gasteiger partial charge is 0.272 e. The Hall–Kier alpha value is -3.30. The van der Waals surface area contributed by atoms with Crippen LogP contribution in [0, 0.1) is 5.82 Å². The number of rotatable bonds is 8. The van der Waals surface area contributed by atoms with E-state index >= 15 is 4.39 Å². The molecule has 1 saturated carbocycles. The first kappa shape index (κ1) is 24.8. The van der Waals surface area contributed by atoms with E-state index in [-0.39, 0.29) is 11.4 Å². The van der Waals surface area contributed by atoms with Gasteiger partial charge in [-0.2, -0.15) is 5.10 Å². The summed E-state index contributed by atoms with van der Waals surface area (Å²) in [5.74, 6) is -1.17. The SMILES string of the molecule is CCOc1c(Cl)cc(Cl)cc1-c1cnc([C@@H](C)NC(=O)C2(NC(=O)c3cccnn3)CC2)c(F)c1. The van der Waals surface area contributed by atoms with E-state index in [1.807, 2.05) is 6.92 Å². The number of amides is 2. The number of ether oxygens (including phenoxy) is 1. The van der Waals surface area contributed by atoms with Crippen LogP contribution < -0.4 is 15.4 Å². The zero-order valence-electron chi connectivity index (χ0n) is 18.9. The number of carbonyl (C=O) groups excluding carboxylic acids is 2. The fourth-order valence-electron chi connectivity index (χ4n) is 3.62. The minimum atomic E-state index is -1.07. The van der Waals surface area contributed by atoms with Gasteiger partial charge in [-0.1, -0.05) is 23.2 Å². The van der Waals surface area contributed by atoms with Crippen LogP contribution in [-0.4, -0.2) is 39.1 Å². The molecule has 2 amide bonds. The number of nitrogens with zero attached hydrogens (tertiary/aromatic N) is 3. The van der Waals surface area contributed by atoms with Crippen molar-refractivity contribution in [3.05, 3.63) is 70.0 Å². The number of benzene rings is 1. The summed E-state index contributed by atoms with van der Waals surface area (Å²) in [6.45, 7) is 3.79. The number of aromatic nitrogens is 3. The summed E-state index contributed by atoms with van der Waals surface area (Å²) < 4.78 is 20.7. The van der Waals surface area contributed by atoms with Crippen molar-refractivity contribution < 1.29 is 18.7 Å². The molecule has 1 fully saturated rings. The average Bonchev–Trinajstić information content (AvgIpc) is 3.61. The van der Waals surface area contributed by atoms with E-state index in [9.17, 15) is 9.59 Å². The normalized spacial score (nSPS) is 14.7. The molecule has 182 valence electrons. The second-order valence-electron chi connectivity index (χ2n) is 8.13. The Balaban J connectivity index is 1.50. The lowest BCUT2D eigenvalue weighted by Crippen LogP contribution is -2.49. The molecular weight excluding hydrogens is 496 g/mol. The lowest BCUT2D eigenvalue weighted by molar-refractivity contribution is -0.124. The van der Waals surface area contributed by atoms with Crippen LogP contribution >= 0.6 is 23.2 Å². The maximum atomic E-state index is 15.1. The standard InChI is InChI=1S/C24H22Cl2FN5O3/c1-3-35-21-16(10-15(25)11-17(21)26)14-9-18(27)20(28-12-14)13(2)30-23(34)24(6-7-24)31-22(33)19-5-4-8-29-32-19/h4-5,8-13H,3,6-7H2,1-2H3,(H,30,34)(H,31,33)/t13-/m1/s1. The first-order valence-electron chi connectivity index (χ1n) is 10.9. The third kappa shape index (κ3) is 5.36.